The molecule has 2 aromatic rings. The van der Waals surface area contributed by atoms with E-state index in [4.69, 9.17) is 0 Å². The molecule has 1 fully saturated rings. The number of hydrogen-bond acceptors (Lipinski definition) is 5. The molecule has 1 aliphatic heterocycles. The SMILES string of the molecule is Cc1c(NC(=O)CN2CCCN(Cc3cccs3)CC2)cnn1C. The number of thiophene rings is 1. The minimum Gasteiger partial charge on any atom is -0.322 e. The summed E-state index contributed by atoms with van der Waals surface area (Å²) in [5.74, 6) is 0.0396. The number of nitrogens with zero attached hydrogens (tertiary/aromatic N) is 4. The highest BCUT2D eigenvalue weighted by Gasteiger charge is 2.18. The molecule has 1 aliphatic rings. The van der Waals surface area contributed by atoms with E-state index in [1.807, 2.05) is 25.3 Å². The zero-order chi connectivity index (χ0) is 16.9. The van der Waals surface area contributed by atoms with Crippen LogP contribution in [-0.2, 0) is 18.4 Å². The molecule has 0 unspecified atom stereocenters. The Hall–Kier alpha value is -1.70. The molecule has 1 saturated heterocycles. The molecule has 130 valence electrons. The second kappa shape index (κ2) is 7.92. The van der Waals surface area contributed by atoms with Crippen LogP contribution in [0.25, 0.3) is 0 Å². The molecule has 1 N–H and O–H groups in total. The van der Waals surface area contributed by atoms with Crippen molar-refractivity contribution in [1.82, 2.24) is 19.6 Å². The third-order valence-corrected chi connectivity index (χ3v) is 5.38. The van der Waals surface area contributed by atoms with Gasteiger partial charge in [-0.1, -0.05) is 6.07 Å². The number of rotatable bonds is 5. The number of carbonyl (C=O) groups is 1. The maximum absolute atomic E-state index is 12.3. The van der Waals surface area contributed by atoms with Gasteiger partial charge in [0.2, 0.25) is 5.91 Å². The number of carbonyl (C=O) groups excluding carboxylic acids is 1. The highest BCUT2D eigenvalue weighted by molar-refractivity contribution is 7.09. The number of nitrogens with one attached hydrogen (secondary N) is 1. The first kappa shape index (κ1) is 17.1. The van der Waals surface area contributed by atoms with Gasteiger partial charge in [0.15, 0.2) is 0 Å². The van der Waals surface area contributed by atoms with E-state index in [0.717, 1.165) is 50.5 Å². The van der Waals surface area contributed by atoms with Crippen LogP contribution in [0.4, 0.5) is 5.69 Å². The van der Waals surface area contributed by atoms with Crippen molar-refractivity contribution in [1.29, 1.82) is 0 Å². The van der Waals surface area contributed by atoms with Crippen LogP contribution in [0.15, 0.2) is 23.7 Å². The number of amides is 1. The van der Waals surface area contributed by atoms with Crippen molar-refractivity contribution in [2.24, 2.45) is 7.05 Å². The van der Waals surface area contributed by atoms with Crippen LogP contribution in [-0.4, -0.2) is 58.2 Å². The maximum atomic E-state index is 12.3. The Morgan fingerprint density at radius 3 is 2.79 bits per heavy atom. The quantitative estimate of drug-likeness (QED) is 0.898. The van der Waals surface area contributed by atoms with Gasteiger partial charge in [-0.15, -0.1) is 11.3 Å². The van der Waals surface area contributed by atoms with E-state index in [9.17, 15) is 4.79 Å². The van der Waals surface area contributed by atoms with Crippen molar-refractivity contribution in [3.05, 3.63) is 34.3 Å². The van der Waals surface area contributed by atoms with Crippen LogP contribution in [0.1, 0.15) is 17.0 Å². The first-order chi connectivity index (χ1) is 11.6. The van der Waals surface area contributed by atoms with Crippen molar-refractivity contribution in [2.45, 2.75) is 19.9 Å². The average Bonchev–Trinajstić information content (AvgIpc) is 3.10. The van der Waals surface area contributed by atoms with E-state index in [1.165, 1.54) is 4.88 Å². The average molecular weight is 347 g/mol. The fourth-order valence-electron chi connectivity index (χ4n) is 2.98. The Balaban J connectivity index is 1.47. The molecular formula is C17H25N5OS. The number of hydrogen-bond donors (Lipinski definition) is 1. The molecule has 1 amide bonds. The van der Waals surface area contributed by atoms with Gasteiger partial charge in [-0.05, 0) is 37.9 Å². The third kappa shape index (κ3) is 4.43. The van der Waals surface area contributed by atoms with E-state index in [2.05, 4.69) is 37.7 Å². The van der Waals surface area contributed by atoms with Gasteiger partial charge in [0, 0.05) is 31.6 Å². The monoisotopic (exact) mass is 347 g/mol. The summed E-state index contributed by atoms with van der Waals surface area (Å²) in [7, 11) is 1.88. The van der Waals surface area contributed by atoms with Crippen molar-refractivity contribution in [3.8, 4) is 0 Å². The normalized spacial score (nSPS) is 16.9. The van der Waals surface area contributed by atoms with E-state index < -0.39 is 0 Å². The summed E-state index contributed by atoms with van der Waals surface area (Å²) in [5, 5.41) is 9.26. The summed E-state index contributed by atoms with van der Waals surface area (Å²) >= 11 is 1.81. The topological polar surface area (TPSA) is 53.4 Å². The largest absolute Gasteiger partial charge is 0.322 e. The van der Waals surface area contributed by atoms with Crippen molar-refractivity contribution in [3.63, 3.8) is 0 Å². The molecule has 0 atom stereocenters. The van der Waals surface area contributed by atoms with Gasteiger partial charge in [-0.3, -0.25) is 19.3 Å². The summed E-state index contributed by atoms with van der Waals surface area (Å²) in [6.07, 6.45) is 2.81. The standard InChI is InChI=1S/C17H25N5OS/c1-14-16(11-18-20(14)2)19-17(23)13-22-7-4-6-21(8-9-22)12-15-5-3-10-24-15/h3,5,10-11H,4,6-9,12-13H2,1-2H3,(H,19,23). The molecule has 2 aromatic heterocycles. The van der Waals surface area contributed by atoms with Gasteiger partial charge in [0.25, 0.3) is 0 Å². The van der Waals surface area contributed by atoms with Crippen molar-refractivity contribution >= 4 is 22.9 Å². The zero-order valence-electron chi connectivity index (χ0n) is 14.4. The van der Waals surface area contributed by atoms with Crippen LogP contribution in [0.3, 0.4) is 0 Å². The minimum absolute atomic E-state index is 0.0396. The van der Waals surface area contributed by atoms with Gasteiger partial charge < -0.3 is 5.32 Å². The third-order valence-electron chi connectivity index (χ3n) is 4.52. The van der Waals surface area contributed by atoms with Gasteiger partial charge >= 0.3 is 0 Å². The van der Waals surface area contributed by atoms with Crippen LogP contribution in [0.5, 0.6) is 0 Å². The molecule has 3 heterocycles. The predicted molar refractivity (Wildman–Crippen MR) is 97.2 cm³/mol. The smallest absolute Gasteiger partial charge is 0.238 e. The van der Waals surface area contributed by atoms with Gasteiger partial charge in [-0.2, -0.15) is 5.10 Å². The Morgan fingerprint density at radius 2 is 2.08 bits per heavy atom. The zero-order valence-corrected chi connectivity index (χ0v) is 15.2. The summed E-state index contributed by atoms with van der Waals surface area (Å²) in [5.41, 5.74) is 1.78. The lowest BCUT2D eigenvalue weighted by molar-refractivity contribution is -0.117. The lowest BCUT2D eigenvalue weighted by Gasteiger charge is -2.21. The number of aromatic nitrogens is 2. The van der Waals surface area contributed by atoms with Crippen LogP contribution >= 0.6 is 11.3 Å². The molecule has 24 heavy (non-hydrogen) atoms. The van der Waals surface area contributed by atoms with Crippen LogP contribution in [0.2, 0.25) is 0 Å². The molecular weight excluding hydrogens is 322 g/mol. The van der Waals surface area contributed by atoms with Crippen molar-refractivity contribution in [2.75, 3.05) is 38.0 Å². The molecule has 0 bridgehead atoms. The van der Waals surface area contributed by atoms with Gasteiger partial charge in [0.1, 0.15) is 0 Å². The molecule has 0 aliphatic carbocycles. The summed E-state index contributed by atoms with van der Waals surface area (Å²) < 4.78 is 1.77. The summed E-state index contributed by atoms with van der Waals surface area (Å²) in [4.78, 5) is 18.4. The Labute approximate surface area is 147 Å². The van der Waals surface area contributed by atoms with Crippen LogP contribution in [0, 0.1) is 6.92 Å². The minimum atomic E-state index is 0.0396. The second-order valence-corrected chi connectivity index (χ2v) is 7.33. The lowest BCUT2D eigenvalue weighted by atomic mass is 10.3. The summed E-state index contributed by atoms with van der Waals surface area (Å²) in [6.45, 7) is 7.44. The molecule has 7 heteroatoms. The predicted octanol–water partition coefficient (Wildman–Crippen LogP) is 1.94. The fraction of sp³-hybridized carbons (Fsp3) is 0.529. The second-order valence-electron chi connectivity index (χ2n) is 6.30. The number of anilines is 1. The highest BCUT2D eigenvalue weighted by atomic mass is 32.1. The Kier molecular flexibility index (Phi) is 5.65. The molecule has 6 nitrogen and oxygen atoms in total. The lowest BCUT2D eigenvalue weighted by Crippen LogP contribution is -2.36. The number of aryl methyl sites for hydroxylation is 1. The van der Waals surface area contributed by atoms with E-state index in [-0.39, 0.29) is 5.91 Å². The van der Waals surface area contributed by atoms with Gasteiger partial charge in [0.05, 0.1) is 24.1 Å². The van der Waals surface area contributed by atoms with E-state index in [0.29, 0.717) is 6.54 Å². The maximum Gasteiger partial charge on any atom is 0.238 e. The molecule has 0 radical (unpaired) electrons. The van der Waals surface area contributed by atoms with E-state index in [1.54, 1.807) is 10.9 Å². The molecule has 0 saturated carbocycles. The first-order valence-corrected chi connectivity index (χ1v) is 9.25. The Bertz CT molecular complexity index is 667. The first-order valence-electron chi connectivity index (χ1n) is 8.37. The van der Waals surface area contributed by atoms with Crippen molar-refractivity contribution < 1.29 is 4.79 Å². The highest BCUT2D eigenvalue weighted by Crippen LogP contribution is 2.14. The fourth-order valence-corrected chi connectivity index (χ4v) is 3.72. The Morgan fingerprint density at radius 1 is 1.29 bits per heavy atom. The molecule has 0 spiro atoms. The molecule has 0 aromatic carbocycles. The summed E-state index contributed by atoms with van der Waals surface area (Å²) in [6, 6.07) is 4.30. The van der Waals surface area contributed by atoms with E-state index >= 15 is 0 Å². The van der Waals surface area contributed by atoms with Crippen LogP contribution < -0.4 is 5.32 Å². The molecule has 3 rings (SSSR count). The van der Waals surface area contributed by atoms with Gasteiger partial charge in [-0.25, -0.2) is 0 Å².